The van der Waals surface area contributed by atoms with Crippen LogP contribution in [0.2, 0.25) is 5.02 Å². The minimum absolute atomic E-state index is 0.0538. The first-order valence-corrected chi connectivity index (χ1v) is 9.91. The van der Waals surface area contributed by atoms with Gasteiger partial charge in [0.1, 0.15) is 11.5 Å². The van der Waals surface area contributed by atoms with E-state index in [9.17, 15) is 9.59 Å². The van der Waals surface area contributed by atoms with Crippen LogP contribution in [0.1, 0.15) is 36.2 Å². The van der Waals surface area contributed by atoms with E-state index < -0.39 is 0 Å². The molecular weight excluding hydrogens is 390 g/mol. The number of fused-ring (bicyclic) bond motifs is 1. The van der Waals surface area contributed by atoms with Gasteiger partial charge in [0, 0.05) is 18.7 Å². The predicted molar refractivity (Wildman–Crippen MR) is 114 cm³/mol. The number of rotatable bonds is 5. The number of benzene rings is 1. The number of anilines is 1. The molecule has 1 aromatic carbocycles. The lowest BCUT2D eigenvalue weighted by molar-refractivity contribution is -0.128. The number of likely N-dealkylation sites (N-methyl/N-ethyl adjacent to an activating group) is 1. The lowest BCUT2D eigenvalue weighted by Crippen LogP contribution is -2.40. The molecule has 0 saturated carbocycles. The van der Waals surface area contributed by atoms with Gasteiger partial charge in [0.05, 0.1) is 29.5 Å². The summed E-state index contributed by atoms with van der Waals surface area (Å²) in [4.78, 5) is 33.5. The van der Waals surface area contributed by atoms with Gasteiger partial charge in [-0.25, -0.2) is 4.98 Å². The lowest BCUT2D eigenvalue weighted by Gasteiger charge is -2.32. The largest absolute Gasteiger partial charge is 0.330 e. The van der Waals surface area contributed by atoms with Gasteiger partial charge in [0.2, 0.25) is 5.91 Å². The van der Waals surface area contributed by atoms with Crippen molar-refractivity contribution < 1.29 is 9.59 Å². The highest BCUT2D eigenvalue weighted by Gasteiger charge is 2.29. The summed E-state index contributed by atoms with van der Waals surface area (Å²) in [5.74, 6) is 0.362. The number of carbonyl (C=O) groups excluding carboxylic acids is 2. The second kappa shape index (κ2) is 8.80. The molecule has 0 saturated heterocycles. The summed E-state index contributed by atoms with van der Waals surface area (Å²) in [6.45, 7) is 4.88. The average Bonchev–Trinajstić information content (AvgIpc) is 3.12. The molecular formula is C21H26ClN5O2. The number of carbonyl (C=O) groups is 2. The molecule has 1 aliphatic heterocycles. The topological polar surface area (TPSA) is 70.5 Å². The van der Waals surface area contributed by atoms with Crippen LogP contribution < -0.4 is 5.32 Å². The first-order valence-electron chi connectivity index (χ1n) is 9.53. The fourth-order valence-electron chi connectivity index (χ4n) is 3.23. The number of hydrogen-bond donors (Lipinski definition) is 1. The van der Waals surface area contributed by atoms with Gasteiger partial charge in [0.25, 0.3) is 5.91 Å². The molecule has 8 heteroatoms. The fraction of sp³-hybridized carbons (Fsp3) is 0.381. The van der Waals surface area contributed by atoms with Crippen molar-refractivity contribution in [1.82, 2.24) is 19.4 Å². The summed E-state index contributed by atoms with van der Waals surface area (Å²) < 4.78 is 1.89. The van der Waals surface area contributed by atoms with Crippen LogP contribution in [0.25, 0.3) is 0 Å². The second-order valence-corrected chi connectivity index (χ2v) is 7.90. The molecule has 154 valence electrons. The zero-order chi connectivity index (χ0) is 21.1. The minimum atomic E-state index is -0.275. The Morgan fingerprint density at radius 2 is 2.07 bits per heavy atom. The minimum Gasteiger partial charge on any atom is -0.330 e. The number of imidazole rings is 1. The highest BCUT2D eigenvalue weighted by molar-refractivity contribution is 6.33. The van der Waals surface area contributed by atoms with Crippen LogP contribution in [0, 0.1) is 0 Å². The molecule has 2 aromatic rings. The van der Waals surface area contributed by atoms with E-state index in [1.807, 2.05) is 49.6 Å². The molecule has 0 spiro atoms. The van der Waals surface area contributed by atoms with Crippen molar-refractivity contribution in [3.05, 3.63) is 59.2 Å². The van der Waals surface area contributed by atoms with Crippen LogP contribution in [0.3, 0.4) is 0 Å². The number of aromatic nitrogens is 2. The van der Waals surface area contributed by atoms with Gasteiger partial charge in [-0.1, -0.05) is 29.8 Å². The number of nitrogens with zero attached hydrogens (tertiary/aromatic N) is 4. The van der Waals surface area contributed by atoms with Gasteiger partial charge in [-0.3, -0.25) is 9.59 Å². The van der Waals surface area contributed by atoms with E-state index in [0.717, 1.165) is 0 Å². The highest BCUT2D eigenvalue weighted by atomic mass is 35.5. The van der Waals surface area contributed by atoms with Crippen LogP contribution in [0.15, 0.2) is 42.6 Å². The monoisotopic (exact) mass is 415 g/mol. The van der Waals surface area contributed by atoms with Crippen LogP contribution in [0.4, 0.5) is 5.69 Å². The highest BCUT2D eigenvalue weighted by Crippen LogP contribution is 2.25. The van der Waals surface area contributed by atoms with Gasteiger partial charge in [-0.15, -0.1) is 0 Å². The van der Waals surface area contributed by atoms with Crippen molar-refractivity contribution in [2.45, 2.75) is 32.5 Å². The van der Waals surface area contributed by atoms with E-state index in [0.29, 0.717) is 35.3 Å². The van der Waals surface area contributed by atoms with Crippen molar-refractivity contribution in [3.63, 3.8) is 0 Å². The SMILES string of the molecule is C[C@H](/C=C/C(=O)N1Cc2ncc(C(=O)Nc3ccccc3Cl)n2[C@H](C)C1)N(C)C. The molecule has 29 heavy (non-hydrogen) atoms. The third-order valence-electron chi connectivity index (χ3n) is 5.13. The first-order chi connectivity index (χ1) is 13.8. The molecule has 1 N–H and O–H groups in total. The Morgan fingerprint density at radius 3 is 2.76 bits per heavy atom. The van der Waals surface area contributed by atoms with Gasteiger partial charge in [-0.05, 0) is 40.1 Å². The van der Waals surface area contributed by atoms with Crippen LogP contribution in [-0.2, 0) is 11.3 Å². The Balaban J connectivity index is 1.75. The maximum absolute atomic E-state index is 12.8. The van der Waals surface area contributed by atoms with Gasteiger partial charge >= 0.3 is 0 Å². The van der Waals surface area contributed by atoms with Gasteiger partial charge < -0.3 is 19.7 Å². The molecule has 2 heterocycles. The van der Waals surface area contributed by atoms with Crippen LogP contribution in [0.5, 0.6) is 0 Å². The standard InChI is InChI=1S/C21H26ClN5O2/c1-14(25(3)4)9-10-20(28)26-12-15(2)27-18(11-23-19(27)13-26)21(29)24-17-8-6-5-7-16(17)22/h5-11,14-15H,12-13H2,1-4H3,(H,24,29)/b10-9+/t14-,15-/m1/s1. The van der Waals surface area contributed by atoms with E-state index >= 15 is 0 Å². The summed E-state index contributed by atoms with van der Waals surface area (Å²) in [5, 5.41) is 3.31. The number of para-hydroxylation sites is 1. The van der Waals surface area contributed by atoms with Crippen LogP contribution >= 0.6 is 11.6 Å². The summed E-state index contributed by atoms with van der Waals surface area (Å²) in [6, 6.07) is 7.18. The summed E-state index contributed by atoms with van der Waals surface area (Å²) in [6.07, 6.45) is 5.05. The Kier molecular flexibility index (Phi) is 6.39. The molecule has 0 unspecified atom stereocenters. The Bertz CT molecular complexity index is 937. The molecule has 0 bridgehead atoms. The molecule has 2 amide bonds. The van der Waals surface area contributed by atoms with Crippen molar-refractivity contribution in [1.29, 1.82) is 0 Å². The normalized spacial score (nSPS) is 17.4. The van der Waals surface area contributed by atoms with E-state index in [1.54, 1.807) is 35.4 Å². The second-order valence-electron chi connectivity index (χ2n) is 7.49. The smallest absolute Gasteiger partial charge is 0.273 e. The van der Waals surface area contributed by atoms with Gasteiger partial charge in [-0.2, -0.15) is 0 Å². The van der Waals surface area contributed by atoms with Crippen molar-refractivity contribution in [2.24, 2.45) is 0 Å². The molecule has 2 atom stereocenters. The van der Waals surface area contributed by atoms with Crippen molar-refractivity contribution in [2.75, 3.05) is 26.0 Å². The maximum Gasteiger partial charge on any atom is 0.273 e. The predicted octanol–water partition coefficient (Wildman–Crippen LogP) is 3.20. The number of nitrogens with one attached hydrogen (secondary N) is 1. The average molecular weight is 416 g/mol. The maximum atomic E-state index is 12.8. The zero-order valence-corrected chi connectivity index (χ0v) is 17.8. The number of hydrogen-bond acceptors (Lipinski definition) is 4. The van der Waals surface area contributed by atoms with Crippen LogP contribution in [-0.4, -0.2) is 57.8 Å². The number of amides is 2. The lowest BCUT2D eigenvalue weighted by atomic mass is 10.2. The molecule has 3 rings (SSSR count). The zero-order valence-electron chi connectivity index (χ0n) is 17.1. The quantitative estimate of drug-likeness (QED) is 0.761. The Hall–Kier alpha value is -2.64. The Morgan fingerprint density at radius 1 is 1.34 bits per heavy atom. The third kappa shape index (κ3) is 4.68. The van der Waals surface area contributed by atoms with Gasteiger partial charge in [0.15, 0.2) is 0 Å². The van der Waals surface area contributed by atoms with Crippen molar-refractivity contribution in [3.8, 4) is 0 Å². The van der Waals surface area contributed by atoms with E-state index in [2.05, 4.69) is 10.3 Å². The third-order valence-corrected chi connectivity index (χ3v) is 5.46. The fourth-order valence-corrected chi connectivity index (χ4v) is 3.41. The Labute approximate surface area is 176 Å². The molecule has 1 aliphatic rings. The number of halogens is 1. The van der Waals surface area contributed by atoms with E-state index in [4.69, 9.17) is 11.6 Å². The summed E-state index contributed by atoms with van der Waals surface area (Å²) in [7, 11) is 3.93. The molecule has 0 radical (unpaired) electrons. The first kappa shape index (κ1) is 21.1. The molecule has 0 fully saturated rings. The molecule has 1 aromatic heterocycles. The molecule has 7 nitrogen and oxygen atoms in total. The summed E-state index contributed by atoms with van der Waals surface area (Å²) in [5.41, 5.74) is 1.01. The molecule has 0 aliphatic carbocycles. The van der Waals surface area contributed by atoms with E-state index in [1.165, 1.54) is 0 Å². The summed E-state index contributed by atoms with van der Waals surface area (Å²) >= 11 is 6.14. The van der Waals surface area contributed by atoms with E-state index in [-0.39, 0.29) is 23.9 Å². The van der Waals surface area contributed by atoms with Crippen molar-refractivity contribution >= 4 is 29.1 Å².